The molecule has 2 aromatic rings. The molecule has 0 spiro atoms. The van der Waals surface area contributed by atoms with Gasteiger partial charge in [-0.15, -0.1) is 0 Å². The molecule has 2 amide bonds. The van der Waals surface area contributed by atoms with Gasteiger partial charge in [0.1, 0.15) is 12.4 Å². The Morgan fingerprint density at radius 3 is 2.72 bits per heavy atom. The van der Waals surface area contributed by atoms with Crippen LogP contribution in [0.4, 0.5) is 0 Å². The van der Waals surface area contributed by atoms with Gasteiger partial charge in [-0.1, -0.05) is 38.3 Å². The van der Waals surface area contributed by atoms with Crippen LogP contribution < -0.4 is 5.32 Å². The number of rotatable bonds is 9. The zero-order chi connectivity index (χ0) is 20.6. The van der Waals surface area contributed by atoms with E-state index in [9.17, 15) is 9.59 Å². The second-order valence-corrected chi connectivity index (χ2v) is 8.10. The zero-order valence-corrected chi connectivity index (χ0v) is 17.8. The molecule has 1 heterocycles. The van der Waals surface area contributed by atoms with Gasteiger partial charge in [-0.2, -0.15) is 0 Å². The highest BCUT2D eigenvalue weighted by Crippen LogP contribution is 2.23. The van der Waals surface area contributed by atoms with Crippen LogP contribution in [0.1, 0.15) is 64.1 Å². The van der Waals surface area contributed by atoms with E-state index in [0.29, 0.717) is 25.6 Å². The number of fused-ring (bicyclic) bond motifs is 1. The fraction of sp³-hybridized carbons (Fsp3) is 0.609. The first-order chi connectivity index (χ1) is 14.1. The molecule has 1 aliphatic rings. The number of aryl methyl sites for hydroxylation is 1. The number of benzene rings is 1. The molecule has 3 rings (SSSR count). The molecule has 1 saturated carbocycles. The minimum Gasteiger partial charge on any atom is -0.356 e. The normalized spacial score (nSPS) is 14.8. The van der Waals surface area contributed by atoms with Crippen LogP contribution >= 0.6 is 0 Å². The molecule has 0 aliphatic heterocycles. The van der Waals surface area contributed by atoms with Gasteiger partial charge < -0.3 is 14.8 Å². The molecule has 1 aromatic carbocycles. The summed E-state index contributed by atoms with van der Waals surface area (Å²) in [5.41, 5.74) is 1.92. The summed E-state index contributed by atoms with van der Waals surface area (Å²) in [4.78, 5) is 31.4. The largest absolute Gasteiger partial charge is 0.356 e. The van der Waals surface area contributed by atoms with Crippen molar-refractivity contribution in [3.63, 3.8) is 0 Å². The van der Waals surface area contributed by atoms with Crippen LogP contribution in [0.25, 0.3) is 11.0 Å². The summed E-state index contributed by atoms with van der Waals surface area (Å²) in [5.74, 6) is 1.17. The molecular formula is C23H34N4O2. The third-order valence-electron chi connectivity index (χ3n) is 5.92. The number of hydrogen-bond acceptors (Lipinski definition) is 3. The SMILES string of the molecule is CCCC(=O)NCCCc1nc2ccccc2n1CC(=O)N(C)C1CCCCC1. The molecule has 1 fully saturated rings. The van der Waals surface area contributed by atoms with Gasteiger partial charge >= 0.3 is 0 Å². The highest BCUT2D eigenvalue weighted by Gasteiger charge is 2.23. The second kappa shape index (κ2) is 10.4. The number of hydrogen-bond donors (Lipinski definition) is 1. The Morgan fingerprint density at radius 1 is 1.21 bits per heavy atom. The summed E-state index contributed by atoms with van der Waals surface area (Å²) < 4.78 is 2.06. The quantitative estimate of drug-likeness (QED) is 0.655. The van der Waals surface area contributed by atoms with E-state index in [1.54, 1.807) is 0 Å². The van der Waals surface area contributed by atoms with Crippen molar-refractivity contribution in [2.24, 2.45) is 0 Å². The van der Waals surface area contributed by atoms with Crippen LogP contribution in [-0.2, 0) is 22.6 Å². The maximum absolute atomic E-state index is 13.0. The van der Waals surface area contributed by atoms with E-state index in [1.165, 1.54) is 19.3 Å². The van der Waals surface area contributed by atoms with Gasteiger partial charge in [0.05, 0.1) is 11.0 Å². The molecule has 0 bridgehead atoms. The first-order valence-corrected chi connectivity index (χ1v) is 11.1. The fourth-order valence-corrected chi connectivity index (χ4v) is 4.20. The van der Waals surface area contributed by atoms with E-state index in [0.717, 1.165) is 49.0 Å². The topological polar surface area (TPSA) is 67.2 Å². The third-order valence-corrected chi connectivity index (χ3v) is 5.92. The monoisotopic (exact) mass is 398 g/mol. The molecule has 0 unspecified atom stereocenters. The van der Waals surface area contributed by atoms with Crippen LogP contribution in [0.15, 0.2) is 24.3 Å². The number of para-hydroxylation sites is 2. The smallest absolute Gasteiger partial charge is 0.242 e. The van der Waals surface area contributed by atoms with Crippen LogP contribution in [-0.4, -0.2) is 45.9 Å². The number of likely N-dealkylation sites (N-methyl/N-ethyl adjacent to an activating group) is 1. The number of carbonyl (C=O) groups is 2. The number of carbonyl (C=O) groups excluding carboxylic acids is 2. The maximum atomic E-state index is 13.0. The van der Waals surface area contributed by atoms with Crippen LogP contribution in [0.3, 0.4) is 0 Å². The number of nitrogens with one attached hydrogen (secondary N) is 1. The second-order valence-electron chi connectivity index (χ2n) is 8.10. The van der Waals surface area contributed by atoms with Crippen molar-refractivity contribution in [2.45, 2.75) is 77.3 Å². The molecule has 0 saturated heterocycles. The Labute approximate surface area is 173 Å². The molecule has 0 radical (unpaired) electrons. The van der Waals surface area contributed by atoms with E-state index in [-0.39, 0.29) is 11.8 Å². The Morgan fingerprint density at radius 2 is 1.97 bits per heavy atom. The predicted molar refractivity (Wildman–Crippen MR) is 116 cm³/mol. The molecule has 1 N–H and O–H groups in total. The summed E-state index contributed by atoms with van der Waals surface area (Å²) in [7, 11) is 1.94. The minimum absolute atomic E-state index is 0.102. The van der Waals surface area contributed by atoms with Gasteiger partial charge in [-0.25, -0.2) is 4.98 Å². The molecule has 158 valence electrons. The van der Waals surface area contributed by atoms with Gasteiger partial charge in [-0.3, -0.25) is 9.59 Å². The maximum Gasteiger partial charge on any atom is 0.242 e. The Kier molecular flexibility index (Phi) is 7.67. The van der Waals surface area contributed by atoms with Crippen LogP contribution in [0.2, 0.25) is 0 Å². The van der Waals surface area contributed by atoms with Crippen molar-refractivity contribution in [3.05, 3.63) is 30.1 Å². The molecule has 1 aromatic heterocycles. The summed E-state index contributed by atoms with van der Waals surface area (Å²) in [6, 6.07) is 8.36. The van der Waals surface area contributed by atoms with Crippen molar-refractivity contribution in [1.29, 1.82) is 0 Å². The van der Waals surface area contributed by atoms with E-state index in [2.05, 4.69) is 9.88 Å². The summed E-state index contributed by atoms with van der Waals surface area (Å²) in [6.45, 7) is 2.96. The van der Waals surface area contributed by atoms with Crippen molar-refractivity contribution < 1.29 is 9.59 Å². The number of amides is 2. The molecule has 29 heavy (non-hydrogen) atoms. The van der Waals surface area contributed by atoms with Gasteiger partial charge in [0.2, 0.25) is 11.8 Å². The van der Waals surface area contributed by atoms with Gasteiger partial charge in [0.25, 0.3) is 0 Å². The van der Waals surface area contributed by atoms with Crippen molar-refractivity contribution in [1.82, 2.24) is 19.8 Å². The van der Waals surface area contributed by atoms with Gasteiger partial charge in [-0.05, 0) is 37.8 Å². The van der Waals surface area contributed by atoms with E-state index < -0.39 is 0 Å². The summed E-state index contributed by atoms with van der Waals surface area (Å²) in [5, 5.41) is 2.96. The van der Waals surface area contributed by atoms with Crippen LogP contribution in [0.5, 0.6) is 0 Å². The average molecular weight is 399 g/mol. The van der Waals surface area contributed by atoms with E-state index in [1.807, 2.05) is 43.1 Å². The van der Waals surface area contributed by atoms with Crippen molar-refractivity contribution in [2.75, 3.05) is 13.6 Å². The van der Waals surface area contributed by atoms with Crippen LogP contribution in [0, 0.1) is 0 Å². The highest BCUT2D eigenvalue weighted by atomic mass is 16.2. The predicted octanol–water partition coefficient (Wildman–Crippen LogP) is 3.68. The molecular weight excluding hydrogens is 364 g/mol. The zero-order valence-electron chi connectivity index (χ0n) is 17.8. The average Bonchev–Trinajstić information content (AvgIpc) is 3.09. The minimum atomic E-state index is 0.102. The standard InChI is InChI=1S/C23H34N4O2/c1-3-10-22(28)24-16-9-15-21-25-19-13-7-8-14-20(19)27(21)17-23(29)26(2)18-11-5-4-6-12-18/h7-8,13-14,18H,3-6,9-12,15-17H2,1-2H3,(H,24,28). The first kappa shape index (κ1) is 21.3. The number of imidazole rings is 1. The summed E-state index contributed by atoms with van der Waals surface area (Å²) in [6.07, 6.45) is 8.90. The molecule has 6 nitrogen and oxygen atoms in total. The van der Waals surface area contributed by atoms with Gasteiger partial charge in [0, 0.05) is 32.5 Å². The lowest BCUT2D eigenvalue weighted by Gasteiger charge is -2.31. The van der Waals surface area contributed by atoms with Gasteiger partial charge in [0.15, 0.2) is 0 Å². The number of aromatic nitrogens is 2. The van der Waals surface area contributed by atoms with Crippen molar-refractivity contribution >= 4 is 22.8 Å². The first-order valence-electron chi connectivity index (χ1n) is 11.1. The lowest BCUT2D eigenvalue weighted by Crippen LogP contribution is -2.40. The Bertz CT molecular complexity index is 823. The number of nitrogens with zero attached hydrogens (tertiary/aromatic N) is 3. The Balaban J connectivity index is 1.67. The lowest BCUT2D eigenvalue weighted by atomic mass is 9.94. The Hall–Kier alpha value is -2.37. The van der Waals surface area contributed by atoms with E-state index in [4.69, 9.17) is 4.98 Å². The summed E-state index contributed by atoms with van der Waals surface area (Å²) >= 11 is 0. The fourth-order valence-electron chi connectivity index (χ4n) is 4.20. The molecule has 6 heteroatoms. The third kappa shape index (κ3) is 5.58. The van der Waals surface area contributed by atoms with E-state index >= 15 is 0 Å². The highest BCUT2D eigenvalue weighted by molar-refractivity contribution is 5.81. The molecule has 1 aliphatic carbocycles. The lowest BCUT2D eigenvalue weighted by molar-refractivity contribution is -0.133. The molecule has 0 atom stereocenters. The van der Waals surface area contributed by atoms with Crippen molar-refractivity contribution in [3.8, 4) is 0 Å².